The van der Waals surface area contributed by atoms with Crippen LogP contribution in [0.5, 0.6) is 0 Å². The molecule has 8 aromatic rings. The summed E-state index contributed by atoms with van der Waals surface area (Å²) in [4.78, 5) is 0.965. The van der Waals surface area contributed by atoms with Crippen molar-refractivity contribution in [3.05, 3.63) is 175 Å². The molecule has 0 N–H and O–H groups in total. The van der Waals surface area contributed by atoms with E-state index in [2.05, 4.69) is 165 Å². The van der Waals surface area contributed by atoms with Gasteiger partial charge in [0.2, 0.25) is 0 Å². The molecule has 1 nitrogen and oxygen atoms in total. The quantitative estimate of drug-likeness (QED) is 0.139. The van der Waals surface area contributed by atoms with E-state index in [4.69, 9.17) is 17.4 Å². The van der Waals surface area contributed by atoms with Crippen LogP contribution in [-0.2, 0) is 11.2 Å². The van der Waals surface area contributed by atoms with E-state index >= 15 is 0 Å². The summed E-state index contributed by atoms with van der Waals surface area (Å²) in [5, 5.41) is 7.60. The first kappa shape index (κ1) is 31.9. The van der Waals surface area contributed by atoms with Gasteiger partial charge in [-0.15, -0.1) is 12.6 Å². The second kappa shape index (κ2) is 13.0. The van der Waals surface area contributed by atoms with Gasteiger partial charge in [-0.3, -0.25) is 0 Å². The van der Waals surface area contributed by atoms with E-state index in [-0.39, 0.29) is 0 Å². The molecule has 2 aliphatic rings. The number of benzene rings is 8. The Morgan fingerprint density at radius 3 is 1.75 bits per heavy atom. The predicted octanol–water partition coefficient (Wildman–Crippen LogP) is 14.1. The van der Waals surface area contributed by atoms with Crippen LogP contribution in [0.1, 0.15) is 30.0 Å². The van der Waals surface area contributed by atoms with Gasteiger partial charge < -0.3 is 4.74 Å². The van der Waals surface area contributed by atoms with Crippen molar-refractivity contribution in [3.63, 3.8) is 0 Å². The topological polar surface area (TPSA) is 9.23 Å². The van der Waals surface area contributed by atoms with Crippen molar-refractivity contribution in [3.8, 4) is 44.5 Å². The van der Waals surface area contributed by atoms with Gasteiger partial charge in [0, 0.05) is 16.4 Å². The smallest absolute Gasteiger partial charge is 0.0940 e. The van der Waals surface area contributed by atoms with Crippen LogP contribution < -0.4 is 0 Å². The Hall–Kier alpha value is -5.83. The lowest BCUT2D eigenvalue weighted by molar-refractivity contribution is 0.255. The summed E-state index contributed by atoms with van der Waals surface area (Å²) >= 11 is 5.08. The number of ether oxygens (including phenoxy) is 1. The molecule has 0 saturated carbocycles. The molecule has 1 unspecified atom stereocenters. The second-order valence-corrected chi connectivity index (χ2v) is 14.9. The van der Waals surface area contributed by atoms with Crippen LogP contribution in [0.2, 0.25) is 0 Å². The Morgan fingerprint density at radius 2 is 1.09 bits per heavy atom. The Morgan fingerprint density at radius 1 is 0.528 bits per heavy atom. The number of allylic oxidation sites excluding steroid dienone is 1. The third kappa shape index (κ3) is 5.24. The van der Waals surface area contributed by atoms with E-state index in [1.165, 1.54) is 88.0 Å². The first-order valence-corrected chi connectivity index (χ1v) is 19.1. The van der Waals surface area contributed by atoms with Crippen molar-refractivity contribution in [1.82, 2.24) is 0 Å². The molecule has 53 heavy (non-hydrogen) atoms. The van der Waals surface area contributed by atoms with Gasteiger partial charge in [-0.25, -0.2) is 0 Å². The maximum Gasteiger partial charge on any atom is 0.0940 e. The average molecular weight is 699 g/mol. The fraction of sp³-hybridized carbons (Fsp3) is 0.0980. The Bertz CT molecular complexity index is 2750. The molecular weight excluding hydrogens is 661 g/mol. The maximum atomic E-state index is 5.86. The second-order valence-electron chi connectivity index (χ2n) is 14.5. The van der Waals surface area contributed by atoms with Crippen LogP contribution in [0.15, 0.2) is 163 Å². The summed E-state index contributed by atoms with van der Waals surface area (Å²) in [5.41, 5.74) is 15.2. The molecule has 0 amide bonds. The Balaban J connectivity index is 1.17. The van der Waals surface area contributed by atoms with Crippen LogP contribution in [0.4, 0.5) is 0 Å². The lowest BCUT2D eigenvalue weighted by atomic mass is 9.80. The summed E-state index contributed by atoms with van der Waals surface area (Å²) in [6.45, 7) is 2.98. The summed E-state index contributed by atoms with van der Waals surface area (Å²) in [7, 11) is 0. The van der Waals surface area contributed by atoms with E-state index in [0.29, 0.717) is 5.92 Å². The molecule has 254 valence electrons. The highest BCUT2D eigenvalue weighted by Crippen LogP contribution is 2.47. The minimum absolute atomic E-state index is 0.336. The third-order valence-electron chi connectivity index (χ3n) is 11.3. The number of thiol groups is 1. The highest BCUT2D eigenvalue weighted by atomic mass is 32.1. The Labute approximate surface area is 316 Å². The fourth-order valence-corrected chi connectivity index (χ4v) is 9.21. The Kier molecular flexibility index (Phi) is 7.81. The lowest BCUT2D eigenvalue weighted by Gasteiger charge is -2.24. The summed E-state index contributed by atoms with van der Waals surface area (Å²) in [5.74, 6) is 0.336. The van der Waals surface area contributed by atoms with Crippen LogP contribution in [-0.4, -0.2) is 6.61 Å². The summed E-state index contributed by atoms with van der Waals surface area (Å²) in [6.07, 6.45) is 8.72. The normalized spacial score (nSPS) is 15.1. The van der Waals surface area contributed by atoms with Gasteiger partial charge >= 0.3 is 0 Å². The van der Waals surface area contributed by atoms with E-state index in [1.54, 1.807) is 0 Å². The van der Waals surface area contributed by atoms with Gasteiger partial charge in [0.05, 0.1) is 12.9 Å². The van der Waals surface area contributed by atoms with Gasteiger partial charge in [-0.2, -0.15) is 0 Å². The number of rotatable bonds is 5. The zero-order valence-electron chi connectivity index (χ0n) is 29.6. The van der Waals surface area contributed by atoms with E-state index in [0.717, 1.165) is 35.5 Å². The van der Waals surface area contributed by atoms with Crippen molar-refractivity contribution < 1.29 is 4.74 Å². The third-order valence-corrected chi connectivity index (χ3v) is 11.7. The number of fused-ring (bicyclic) bond motifs is 4. The van der Waals surface area contributed by atoms with Gasteiger partial charge in [-0.1, -0.05) is 146 Å². The van der Waals surface area contributed by atoms with Crippen molar-refractivity contribution in [2.24, 2.45) is 5.92 Å². The number of hydrogen-bond donors (Lipinski definition) is 1. The largest absolute Gasteiger partial charge is 0.500 e. The molecule has 0 aromatic heterocycles. The van der Waals surface area contributed by atoms with Gasteiger partial charge in [0.15, 0.2) is 0 Å². The fourth-order valence-electron chi connectivity index (χ4n) is 8.94. The number of hydrogen-bond acceptors (Lipinski definition) is 2. The SMILES string of the molecule is CC1COC=C1c1c2ccccc2c(-c2ccc(S)c(-c3cccc(-c4c5c(c(-c6ccccc6)c6ccccc46)C=CCC5)c3)c2)c2ccccc12. The molecule has 1 atom stereocenters. The molecular formula is C51H38OS. The molecule has 0 radical (unpaired) electrons. The van der Waals surface area contributed by atoms with Crippen molar-refractivity contribution in [1.29, 1.82) is 0 Å². The first-order chi connectivity index (χ1) is 26.2. The molecule has 1 heterocycles. The predicted molar refractivity (Wildman–Crippen MR) is 228 cm³/mol. The molecule has 10 rings (SSSR count). The summed E-state index contributed by atoms with van der Waals surface area (Å²) < 4.78 is 5.86. The van der Waals surface area contributed by atoms with Gasteiger partial charge in [-0.05, 0) is 125 Å². The van der Waals surface area contributed by atoms with Crippen LogP contribution in [0.3, 0.4) is 0 Å². The molecule has 0 bridgehead atoms. The highest BCUT2D eigenvalue weighted by Gasteiger charge is 2.25. The zero-order valence-corrected chi connectivity index (χ0v) is 30.5. The lowest BCUT2D eigenvalue weighted by Crippen LogP contribution is -2.02. The molecule has 0 spiro atoms. The van der Waals surface area contributed by atoms with Crippen molar-refractivity contribution in [2.75, 3.05) is 6.61 Å². The first-order valence-electron chi connectivity index (χ1n) is 18.6. The minimum Gasteiger partial charge on any atom is -0.500 e. The van der Waals surface area contributed by atoms with Crippen molar-refractivity contribution in [2.45, 2.75) is 24.7 Å². The van der Waals surface area contributed by atoms with Crippen LogP contribution >= 0.6 is 12.6 Å². The molecule has 0 saturated heterocycles. The van der Waals surface area contributed by atoms with E-state index in [9.17, 15) is 0 Å². The average Bonchev–Trinajstić information content (AvgIpc) is 3.64. The molecule has 0 fully saturated rings. The monoisotopic (exact) mass is 698 g/mol. The molecule has 1 aliphatic carbocycles. The maximum absolute atomic E-state index is 5.86. The molecule has 2 heteroatoms. The van der Waals surface area contributed by atoms with Gasteiger partial charge in [0.1, 0.15) is 0 Å². The van der Waals surface area contributed by atoms with E-state index < -0.39 is 0 Å². The van der Waals surface area contributed by atoms with Crippen LogP contribution in [0, 0.1) is 5.92 Å². The van der Waals surface area contributed by atoms with Gasteiger partial charge in [0.25, 0.3) is 0 Å². The van der Waals surface area contributed by atoms with E-state index in [1.807, 2.05) is 6.26 Å². The standard InChI is InChI=1S/C51H38OS/c1-32-30-52-31-46(32)51-43-24-11-9-22-41(43)50(42-23-10-12-25-44(42)51)36-26-27-47(53)45(29-36)34-16-13-17-35(28-34)49-39-20-7-5-18-37(39)48(33-14-3-2-4-15-33)38-19-6-8-21-40(38)49/h2-7,9-20,22-29,31-32,53H,8,21,30H2,1H3. The molecule has 8 aromatic carbocycles. The highest BCUT2D eigenvalue weighted by molar-refractivity contribution is 7.80. The van der Waals surface area contributed by atoms with Crippen LogP contribution in [0.25, 0.3) is 88.5 Å². The summed E-state index contributed by atoms with van der Waals surface area (Å²) in [6, 6.07) is 53.4. The minimum atomic E-state index is 0.336. The molecule has 1 aliphatic heterocycles. The zero-order chi connectivity index (χ0) is 35.5. The van der Waals surface area contributed by atoms with Crippen molar-refractivity contribution >= 4 is 56.6 Å².